The monoisotopic (exact) mass is 275 g/mol. The van der Waals surface area contributed by atoms with Gasteiger partial charge in [0.15, 0.2) is 5.78 Å². The molecule has 2 rings (SSSR count). The maximum absolute atomic E-state index is 12.4. The lowest BCUT2D eigenvalue weighted by Crippen LogP contribution is -2.06. The number of ether oxygens (including phenoxy) is 1. The molecule has 0 heterocycles. The Hall–Kier alpha value is -2.00. The number of ketones is 1. The second-order valence-electron chi connectivity index (χ2n) is 4.27. The number of hydrogen-bond donors (Lipinski definition) is 1. The van der Waals surface area contributed by atoms with Crippen molar-refractivity contribution >= 4 is 23.1 Å². The summed E-state index contributed by atoms with van der Waals surface area (Å²) in [5.74, 6) is 0.424. The van der Waals surface area contributed by atoms with Crippen LogP contribution < -0.4 is 10.5 Å². The Morgan fingerprint density at radius 3 is 2.53 bits per heavy atom. The first-order valence-corrected chi connectivity index (χ1v) is 6.15. The number of rotatable bonds is 3. The van der Waals surface area contributed by atoms with Crippen molar-refractivity contribution < 1.29 is 9.53 Å². The molecule has 2 N–H and O–H groups in total. The van der Waals surface area contributed by atoms with Crippen LogP contribution in [-0.4, -0.2) is 12.9 Å². The number of benzene rings is 2. The zero-order chi connectivity index (χ0) is 14.0. The van der Waals surface area contributed by atoms with E-state index in [2.05, 4.69) is 0 Å². The summed E-state index contributed by atoms with van der Waals surface area (Å²) < 4.78 is 5.06. The summed E-state index contributed by atoms with van der Waals surface area (Å²) in [6, 6.07) is 10.3. The molecule has 0 saturated heterocycles. The molecule has 0 saturated carbocycles. The highest BCUT2D eigenvalue weighted by Gasteiger charge is 2.16. The summed E-state index contributed by atoms with van der Waals surface area (Å²) in [4.78, 5) is 12.4. The zero-order valence-electron chi connectivity index (χ0n) is 10.7. The van der Waals surface area contributed by atoms with Crippen molar-refractivity contribution in [2.45, 2.75) is 6.92 Å². The van der Waals surface area contributed by atoms with Gasteiger partial charge in [0.2, 0.25) is 0 Å². The molecule has 0 aromatic heterocycles. The van der Waals surface area contributed by atoms with Crippen molar-refractivity contribution in [2.75, 3.05) is 12.8 Å². The molecule has 0 bridgehead atoms. The molecule has 2 aromatic carbocycles. The van der Waals surface area contributed by atoms with Gasteiger partial charge in [-0.05, 0) is 37.3 Å². The largest absolute Gasteiger partial charge is 0.497 e. The first-order chi connectivity index (χ1) is 9.02. The predicted molar refractivity (Wildman–Crippen MR) is 77.0 cm³/mol. The fourth-order valence-corrected chi connectivity index (χ4v) is 2.08. The van der Waals surface area contributed by atoms with Gasteiger partial charge in [0.25, 0.3) is 0 Å². The first kappa shape index (κ1) is 13.4. The molecular formula is C15H14ClNO2. The molecule has 0 aliphatic heterocycles. The molecule has 0 aliphatic rings. The first-order valence-electron chi connectivity index (χ1n) is 5.77. The Kier molecular flexibility index (Phi) is 3.76. The zero-order valence-corrected chi connectivity index (χ0v) is 11.5. The van der Waals surface area contributed by atoms with Crippen molar-refractivity contribution in [3.8, 4) is 5.75 Å². The normalized spacial score (nSPS) is 10.3. The lowest BCUT2D eigenvalue weighted by molar-refractivity contribution is 0.103. The Labute approximate surface area is 117 Å². The van der Waals surface area contributed by atoms with Gasteiger partial charge in [0, 0.05) is 16.8 Å². The van der Waals surface area contributed by atoms with E-state index < -0.39 is 0 Å². The van der Waals surface area contributed by atoms with Gasteiger partial charge in [0.05, 0.1) is 12.1 Å². The van der Waals surface area contributed by atoms with Crippen molar-refractivity contribution in [1.82, 2.24) is 0 Å². The summed E-state index contributed by atoms with van der Waals surface area (Å²) >= 11 is 6.10. The molecule has 0 atom stereocenters. The fraction of sp³-hybridized carbons (Fsp3) is 0.133. The maximum Gasteiger partial charge on any atom is 0.196 e. The molecule has 98 valence electrons. The average Bonchev–Trinajstić information content (AvgIpc) is 2.40. The second-order valence-corrected chi connectivity index (χ2v) is 4.67. The third-order valence-electron chi connectivity index (χ3n) is 2.87. The summed E-state index contributed by atoms with van der Waals surface area (Å²) in [6.45, 7) is 1.91. The number of anilines is 1. The minimum atomic E-state index is -0.186. The van der Waals surface area contributed by atoms with E-state index in [1.54, 1.807) is 37.4 Å². The molecule has 0 spiro atoms. The molecular weight excluding hydrogens is 262 g/mol. The lowest BCUT2D eigenvalue weighted by atomic mass is 10.00. The number of hydrogen-bond acceptors (Lipinski definition) is 3. The van der Waals surface area contributed by atoms with Crippen LogP contribution in [-0.2, 0) is 0 Å². The number of halogens is 1. The minimum absolute atomic E-state index is 0.186. The topological polar surface area (TPSA) is 52.3 Å². The molecule has 4 heteroatoms. The van der Waals surface area contributed by atoms with Crippen LogP contribution in [0.2, 0.25) is 5.02 Å². The van der Waals surface area contributed by atoms with Crippen molar-refractivity contribution in [3.63, 3.8) is 0 Å². The molecule has 0 amide bonds. The number of carbonyl (C=O) groups excluding carboxylic acids is 1. The SMILES string of the molecule is COc1ccc(C(=O)c2cc(C)ccc2N)c(Cl)c1. The predicted octanol–water partition coefficient (Wildman–Crippen LogP) is 3.47. The third kappa shape index (κ3) is 2.71. The Morgan fingerprint density at radius 1 is 1.16 bits per heavy atom. The number of aryl methyl sites for hydroxylation is 1. The summed E-state index contributed by atoms with van der Waals surface area (Å²) in [6.07, 6.45) is 0. The summed E-state index contributed by atoms with van der Waals surface area (Å²) in [5, 5.41) is 0.352. The number of nitrogens with two attached hydrogens (primary N) is 1. The van der Waals surface area contributed by atoms with E-state index in [0.717, 1.165) is 5.56 Å². The van der Waals surface area contributed by atoms with Crippen LogP contribution in [0.15, 0.2) is 36.4 Å². The van der Waals surface area contributed by atoms with E-state index in [9.17, 15) is 4.79 Å². The van der Waals surface area contributed by atoms with E-state index in [1.165, 1.54) is 0 Å². The van der Waals surface area contributed by atoms with Crippen molar-refractivity contribution in [1.29, 1.82) is 0 Å². The van der Waals surface area contributed by atoms with Crippen LogP contribution in [0.3, 0.4) is 0 Å². The third-order valence-corrected chi connectivity index (χ3v) is 3.19. The quantitative estimate of drug-likeness (QED) is 0.689. The van der Waals surface area contributed by atoms with E-state index in [1.807, 2.05) is 13.0 Å². The van der Waals surface area contributed by atoms with Gasteiger partial charge in [-0.3, -0.25) is 4.79 Å². The summed E-state index contributed by atoms with van der Waals surface area (Å²) in [5.41, 5.74) is 8.15. The van der Waals surface area contributed by atoms with Crippen LogP contribution in [0, 0.1) is 6.92 Å². The van der Waals surface area contributed by atoms with Gasteiger partial charge in [-0.15, -0.1) is 0 Å². The number of methoxy groups -OCH3 is 1. The molecule has 0 aliphatic carbocycles. The van der Waals surface area contributed by atoms with Crippen LogP contribution in [0.25, 0.3) is 0 Å². The van der Waals surface area contributed by atoms with Crippen LogP contribution >= 0.6 is 11.6 Å². The molecule has 3 nitrogen and oxygen atoms in total. The highest BCUT2D eigenvalue weighted by Crippen LogP contribution is 2.26. The Balaban J connectivity index is 2.47. The second kappa shape index (κ2) is 5.33. The van der Waals surface area contributed by atoms with Gasteiger partial charge in [-0.25, -0.2) is 0 Å². The van der Waals surface area contributed by atoms with Crippen LogP contribution in [0.4, 0.5) is 5.69 Å². The number of carbonyl (C=O) groups is 1. The van der Waals surface area contributed by atoms with Crippen LogP contribution in [0.1, 0.15) is 21.5 Å². The van der Waals surface area contributed by atoms with Gasteiger partial charge < -0.3 is 10.5 Å². The highest BCUT2D eigenvalue weighted by molar-refractivity contribution is 6.35. The summed E-state index contributed by atoms with van der Waals surface area (Å²) in [7, 11) is 1.55. The van der Waals surface area contributed by atoms with Crippen molar-refractivity contribution in [3.05, 3.63) is 58.1 Å². The molecule has 2 aromatic rings. The average molecular weight is 276 g/mol. The number of nitrogen functional groups attached to an aromatic ring is 1. The van der Waals surface area contributed by atoms with Gasteiger partial charge in [-0.2, -0.15) is 0 Å². The maximum atomic E-state index is 12.4. The molecule has 0 fully saturated rings. The van der Waals surface area contributed by atoms with E-state index in [-0.39, 0.29) is 5.78 Å². The van der Waals surface area contributed by atoms with Gasteiger partial charge in [0.1, 0.15) is 5.75 Å². The lowest BCUT2D eigenvalue weighted by Gasteiger charge is -2.08. The smallest absolute Gasteiger partial charge is 0.196 e. The standard InChI is InChI=1S/C15H14ClNO2/c1-9-3-6-14(17)12(7-9)15(18)11-5-4-10(19-2)8-13(11)16/h3-8H,17H2,1-2H3. The molecule has 0 unspecified atom stereocenters. The molecule has 0 radical (unpaired) electrons. The minimum Gasteiger partial charge on any atom is -0.497 e. The van der Waals surface area contributed by atoms with Crippen molar-refractivity contribution in [2.24, 2.45) is 0 Å². The Bertz CT molecular complexity index is 638. The van der Waals surface area contributed by atoms with E-state index in [4.69, 9.17) is 22.1 Å². The fourth-order valence-electron chi connectivity index (χ4n) is 1.82. The van der Waals surface area contributed by atoms with Gasteiger partial charge in [-0.1, -0.05) is 23.2 Å². The Morgan fingerprint density at radius 2 is 1.89 bits per heavy atom. The molecule has 19 heavy (non-hydrogen) atoms. The van der Waals surface area contributed by atoms with Gasteiger partial charge >= 0.3 is 0 Å². The van der Waals surface area contributed by atoms with E-state index in [0.29, 0.717) is 27.6 Å². The highest BCUT2D eigenvalue weighted by atomic mass is 35.5. The van der Waals surface area contributed by atoms with E-state index >= 15 is 0 Å². The van der Waals surface area contributed by atoms with Crippen LogP contribution in [0.5, 0.6) is 5.75 Å².